The normalized spacial score (nSPS) is 16.8. The molecule has 0 unspecified atom stereocenters. The van der Waals surface area contributed by atoms with Gasteiger partial charge < -0.3 is 14.9 Å². The first kappa shape index (κ1) is 26.5. The van der Waals surface area contributed by atoms with Crippen LogP contribution < -0.4 is 15.5 Å². The second kappa shape index (κ2) is 10.9. The van der Waals surface area contributed by atoms with Gasteiger partial charge in [0.2, 0.25) is 0 Å². The average molecular weight is 542 g/mol. The zero-order valence-corrected chi connectivity index (χ0v) is 21.5. The number of tetrazole rings is 1. The summed E-state index contributed by atoms with van der Waals surface area (Å²) in [6, 6.07) is 6.66. The van der Waals surface area contributed by atoms with Gasteiger partial charge in [0.05, 0.1) is 11.3 Å². The van der Waals surface area contributed by atoms with Gasteiger partial charge in [0.25, 0.3) is 0 Å². The first-order valence-corrected chi connectivity index (χ1v) is 12.9. The molecule has 0 radical (unpaired) electrons. The number of likely N-dealkylation sites (N-methyl/N-ethyl adjacent to an activating group) is 1. The molecule has 13 heteroatoms. The fourth-order valence-corrected chi connectivity index (χ4v) is 5.29. The molecule has 206 valence electrons. The zero-order chi connectivity index (χ0) is 27.7. The van der Waals surface area contributed by atoms with E-state index in [-0.39, 0.29) is 11.6 Å². The van der Waals surface area contributed by atoms with Crippen molar-refractivity contribution in [3.8, 4) is 5.69 Å². The SMILES string of the molecule is CN1CCN(c2ccc(N(C(=O)n3nnn(-c4c(F)cccc4F)c3=O)C3CCCCC3)cc2C(=O)O)CC1. The minimum Gasteiger partial charge on any atom is -0.478 e. The number of piperazine rings is 1. The minimum absolute atomic E-state index is 0.0371. The van der Waals surface area contributed by atoms with Crippen LogP contribution in [0.25, 0.3) is 5.69 Å². The molecule has 1 aliphatic heterocycles. The predicted molar refractivity (Wildman–Crippen MR) is 139 cm³/mol. The van der Waals surface area contributed by atoms with Crippen LogP contribution in [0, 0.1) is 11.6 Å². The third-order valence-electron chi connectivity index (χ3n) is 7.39. The highest BCUT2D eigenvalue weighted by atomic mass is 19.1. The fourth-order valence-electron chi connectivity index (χ4n) is 5.29. The van der Waals surface area contributed by atoms with Crippen LogP contribution >= 0.6 is 0 Å². The standard InChI is InChI=1S/C26H29F2N7O4/c1-31-12-14-32(15-13-31)22-11-10-18(16-19(22)24(36)37)33(17-6-3-2-4-7-17)25(38)35-26(39)34(29-30-35)23-20(27)8-5-9-21(23)28/h5,8-11,16-17H,2-4,6-7,12-15H2,1H3,(H,36,37). The smallest absolute Gasteiger partial charge is 0.377 e. The number of carboxylic acid groups (broad SMARTS) is 1. The van der Waals surface area contributed by atoms with Gasteiger partial charge in [-0.15, -0.1) is 4.68 Å². The molecule has 5 rings (SSSR count). The molecule has 39 heavy (non-hydrogen) atoms. The predicted octanol–water partition coefficient (Wildman–Crippen LogP) is 2.96. The number of benzene rings is 2. The van der Waals surface area contributed by atoms with Crippen LogP contribution in [0.5, 0.6) is 0 Å². The first-order valence-electron chi connectivity index (χ1n) is 12.9. The Kier molecular flexibility index (Phi) is 7.42. The molecular formula is C26H29F2N7O4. The zero-order valence-electron chi connectivity index (χ0n) is 21.5. The van der Waals surface area contributed by atoms with Crippen molar-refractivity contribution in [2.45, 2.75) is 38.1 Å². The van der Waals surface area contributed by atoms with E-state index in [1.54, 1.807) is 12.1 Å². The highest BCUT2D eigenvalue weighted by Gasteiger charge is 2.32. The van der Waals surface area contributed by atoms with Crippen LogP contribution in [0.15, 0.2) is 41.2 Å². The van der Waals surface area contributed by atoms with Gasteiger partial charge in [-0.05, 0) is 60.6 Å². The molecule has 3 aromatic rings. The lowest BCUT2D eigenvalue weighted by Crippen LogP contribution is -2.47. The third-order valence-corrected chi connectivity index (χ3v) is 7.39. The van der Waals surface area contributed by atoms with Crippen molar-refractivity contribution in [1.82, 2.24) is 24.7 Å². The van der Waals surface area contributed by atoms with Gasteiger partial charge in [-0.25, -0.2) is 23.2 Å². The van der Waals surface area contributed by atoms with Crippen LogP contribution in [-0.4, -0.2) is 81.1 Å². The molecule has 2 aromatic carbocycles. The molecule has 1 saturated carbocycles. The molecule has 2 heterocycles. The number of para-hydroxylation sites is 1. The summed E-state index contributed by atoms with van der Waals surface area (Å²) in [4.78, 5) is 44.7. The number of halogens is 2. The van der Waals surface area contributed by atoms with Crippen LogP contribution in [0.2, 0.25) is 0 Å². The lowest BCUT2D eigenvalue weighted by Gasteiger charge is -2.36. The molecule has 0 bridgehead atoms. The number of aromatic nitrogens is 4. The van der Waals surface area contributed by atoms with Crippen LogP contribution in [0.1, 0.15) is 42.5 Å². The number of anilines is 2. The third kappa shape index (κ3) is 5.13. The Balaban J connectivity index is 1.55. The van der Waals surface area contributed by atoms with Crippen molar-refractivity contribution >= 4 is 23.4 Å². The molecule has 11 nitrogen and oxygen atoms in total. The van der Waals surface area contributed by atoms with Crippen molar-refractivity contribution in [3.63, 3.8) is 0 Å². The van der Waals surface area contributed by atoms with E-state index in [9.17, 15) is 28.3 Å². The highest BCUT2D eigenvalue weighted by Crippen LogP contribution is 2.32. The monoisotopic (exact) mass is 541 g/mol. The van der Waals surface area contributed by atoms with E-state index in [4.69, 9.17) is 0 Å². The van der Waals surface area contributed by atoms with Crippen molar-refractivity contribution in [2.24, 2.45) is 0 Å². The van der Waals surface area contributed by atoms with Gasteiger partial charge in [0, 0.05) is 37.9 Å². The Morgan fingerprint density at radius 2 is 1.64 bits per heavy atom. The summed E-state index contributed by atoms with van der Waals surface area (Å²) in [5.41, 5.74) is -1.00. The lowest BCUT2D eigenvalue weighted by atomic mass is 9.93. The van der Waals surface area contributed by atoms with Crippen LogP contribution in [0.4, 0.5) is 25.0 Å². The Hall–Kier alpha value is -4.13. The number of carboxylic acids is 1. The van der Waals surface area contributed by atoms with E-state index in [0.29, 0.717) is 46.7 Å². The van der Waals surface area contributed by atoms with E-state index in [1.807, 2.05) is 11.9 Å². The van der Waals surface area contributed by atoms with Gasteiger partial charge in [-0.3, -0.25) is 4.90 Å². The van der Waals surface area contributed by atoms with Gasteiger partial charge in [0.15, 0.2) is 11.6 Å². The van der Waals surface area contributed by atoms with Crippen molar-refractivity contribution in [2.75, 3.05) is 43.0 Å². The quantitative estimate of drug-likeness (QED) is 0.490. The molecule has 0 spiro atoms. The maximum Gasteiger partial charge on any atom is 0.377 e. The van der Waals surface area contributed by atoms with E-state index < -0.39 is 35.0 Å². The van der Waals surface area contributed by atoms with Crippen molar-refractivity contribution < 1.29 is 23.5 Å². The molecule has 0 atom stereocenters. The minimum atomic E-state index is -1.14. The van der Waals surface area contributed by atoms with E-state index in [0.717, 1.165) is 50.6 Å². The molecule has 1 aromatic heterocycles. The summed E-state index contributed by atoms with van der Waals surface area (Å²) >= 11 is 0. The lowest BCUT2D eigenvalue weighted by molar-refractivity contribution is 0.0697. The molecule has 2 aliphatic rings. The first-order chi connectivity index (χ1) is 18.8. The van der Waals surface area contributed by atoms with Gasteiger partial charge in [-0.2, -0.15) is 4.68 Å². The number of amides is 1. The Bertz CT molecular complexity index is 1420. The summed E-state index contributed by atoms with van der Waals surface area (Å²) < 4.78 is 29.5. The van der Waals surface area contributed by atoms with Gasteiger partial charge >= 0.3 is 17.7 Å². The number of hydrogen-bond donors (Lipinski definition) is 1. The fraction of sp³-hybridized carbons (Fsp3) is 0.423. The van der Waals surface area contributed by atoms with E-state index >= 15 is 0 Å². The summed E-state index contributed by atoms with van der Waals surface area (Å²) in [6.07, 6.45) is 3.96. The molecule has 2 fully saturated rings. The largest absolute Gasteiger partial charge is 0.478 e. The average Bonchev–Trinajstić information content (AvgIpc) is 3.30. The number of carbonyl (C=O) groups is 2. The molecule has 1 aliphatic carbocycles. The van der Waals surface area contributed by atoms with Crippen LogP contribution in [-0.2, 0) is 0 Å². The summed E-state index contributed by atoms with van der Waals surface area (Å²) in [5, 5.41) is 17.3. The molecule has 1 N–H and O–H groups in total. The number of carbonyl (C=O) groups excluding carboxylic acids is 1. The summed E-state index contributed by atoms with van der Waals surface area (Å²) in [5.74, 6) is -3.21. The Labute approximate surface area is 222 Å². The Morgan fingerprint density at radius 3 is 2.28 bits per heavy atom. The second-order valence-corrected chi connectivity index (χ2v) is 9.90. The Morgan fingerprint density at radius 1 is 0.974 bits per heavy atom. The molecular weight excluding hydrogens is 512 g/mol. The van der Waals surface area contributed by atoms with Crippen molar-refractivity contribution in [1.29, 1.82) is 0 Å². The number of nitrogens with zero attached hydrogens (tertiary/aromatic N) is 7. The topological polar surface area (TPSA) is 117 Å². The maximum absolute atomic E-state index is 14.3. The highest BCUT2D eigenvalue weighted by molar-refractivity contribution is 5.99. The summed E-state index contributed by atoms with van der Waals surface area (Å²) in [6.45, 7) is 2.89. The van der Waals surface area contributed by atoms with E-state index in [2.05, 4.69) is 15.3 Å². The summed E-state index contributed by atoms with van der Waals surface area (Å²) in [7, 11) is 2.00. The van der Waals surface area contributed by atoms with Gasteiger partial charge in [-0.1, -0.05) is 25.3 Å². The molecule has 1 amide bonds. The second-order valence-electron chi connectivity index (χ2n) is 9.90. The molecule has 1 saturated heterocycles. The van der Waals surface area contributed by atoms with Gasteiger partial charge in [0.1, 0.15) is 5.69 Å². The van der Waals surface area contributed by atoms with E-state index in [1.165, 1.54) is 11.0 Å². The van der Waals surface area contributed by atoms with Crippen LogP contribution in [0.3, 0.4) is 0 Å². The maximum atomic E-state index is 14.3. The number of hydrogen-bond acceptors (Lipinski definition) is 7. The van der Waals surface area contributed by atoms with Crippen molar-refractivity contribution in [3.05, 3.63) is 64.1 Å². The number of aromatic carboxylic acids is 1. The number of rotatable bonds is 5.